The predicted molar refractivity (Wildman–Crippen MR) is 89.8 cm³/mol. The molecular formula is C19H28FNO2. The summed E-state index contributed by atoms with van der Waals surface area (Å²) in [6.07, 6.45) is 3.93. The molecule has 1 amide bonds. The molecule has 0 heterocycles. The van der Waals surface area contributed by atoms with Crippen molar-refractivity contribution in [3.8, 4) is 0 Å². The van der Waals surface area contributed by atoms with E-state index in [0.29, 0.717) is 18.5 Å². The standard InChI is InChI=1S/C19H28FNO2/c1-13(2)16(15-6-7-17(20)14(3)10-15)11-18(22)21-12-19(23)8-4-5-9-19/h6-7,10,13,16,23H,4-5,8-9,11-12H2,1-3H3,(H,21,22). The Balaban J connectivity index is 1.98. The lowest BCUT2D eigenvalue weighted by Crippen LogP contribution is -2.41. The largest absolute Gasteiger partial charge is 0.388 e. The van der Waals surface area contributed by atoms with Crippen LogP contribution in [0.15, 0.2) is 18.2 Å². The Labute approximate surface area is 138 Å². The minimum atomic E-state index is -0.727. The number of carbonyl (C=O) groups excluding carboxylic acids is 1. The van der Waals surface area contributed by atoms with Crippen LogP contribution in [0.3, 0.4) is 0 Å². The van der Waals surface area contributed by atoms with Gasteiger partial charge in [0.25, 0.3) is 0 Å². The molecule has 2 rings (SSSR count). The van der Waals surface area contributed by atoms with E-state index in [-0.39, 0.29) is 23.6 Å². The summed E-state index contributed by atoms with van der Waals surface area (Å²) in [5, 5.41) is 13.2. The fraction of sp³-hybridized carbons (Fsp3) is 0.632. The molecule has 1 aliphatic carbocycles. The van der Waals surface area contributed by atoms with E-state index in [1.54, 1.807) is 13.0 Å². The fourth-order valence-electron chi connectivity index (χ4n) is 3.38. The topological polar surface area (TPSA) is 49.3 Å². The molecule has 0 bridgehead atoms. The van der Waals surface area contributed by atoms with Gasteiger partial charge in [-0.3, -0.25) is 4.79 Å². The van der Waals surface area contributed by atoms with E-state index < -0.39 is 5.60 Å². The van der Waals surface area contributed by atoms with Crippen molar-refractivity contribution in [1.82, 2.24) is 5.32 Å². The third kappa shape index (κ3) is 4.77. The molecule has 0 spiro atoms. The van der Waals surface area contributed by atoms with Gasteiger partial charge in [-0.1, -0.05) is 38.8 Å². The van der Waals surface area contributed by atoms with Gasteiger partial charge in [-0.05, 0) is 48.8 Å². The highest BCUT2D eigenvalue weighted by Gasteiger charge is 2.31. The molecule has 1 aromatic rings. The quantitative estimate of drug-likeness (QED) is 0.839. The molecule has 0 aliphatic heterocycles. The normalized spacial score (nSPS) is 18.2. The number of aryl methyl sites for hydroxylation is 1. The summed E-state index contributed by atoms with van der Waals surface area (Å²) in [6, 6.07) is 5.07. The molecule has 1 unspecified atom stereocenters. The van der Waals surface area contributed by atoms with Crippen LogP contribution in [-0.4, -0.2) is 23.2 Å². The SMILES string of the molecule is Cc1cc(C(CC(=O)NCC2(O)CCCC2)C(C)C)ccc1F. The average molecular weight is 321 g/mol. The summed E-state index contributed by atoms with van der Waals surface area (Å²) in [6.45, 7) is 6.22. The zero-order valence-corrected chi connectivity index (χ0v) is 14.4. The number of carbonyl (C=O) groups is 1. The first-order valence-electron chi connectivity index (χ1n) is 8.56. The number of nitrogens with one attached hydrogen (secondary N) is 1. The molecule has 23 heavy (non-hydrogen) atoms. The highest BCUT2D eigenvalue weighted by atomic mass is 19.1. The van der Waals surface area contributed by atoms with E-state index in [9.17, 15) is 14.3 Å². The smallest absolute Gasteiger partial charge is 0.220 e. The van der Waals surface area contributed by atoms with Crippen molar-refractivity contribution < 1.29 is 14.3 Å². The lowest BCUT2D eigenvalue weighted by molar-refractivity contribution is -0.122. The third-order valence-electron chi connectivity index (χ3n) is 4.97. The van der Waals surface area contributed by atoms with Crippen molar-refractivity contribution in [2.75, 3.05) is 6.54 Å². The van der Waals surface area contributed by atoms with Gasteiger partial charge in [0.1, 0.15) is 5.82 Å². The van der Waals surface area contributed by atoms with Crippen LogP contribution < -0.4 is 5.32 Å². The van der Waals surface area contributed by atoms with Crippen molar-refractivity contribution in [2.24, 2.45) is 5.92 Å². The number of hydrogen-bond donors (Lipinski definition) is 2. The third-order valence-corrected chi connectivity index (χ3v) is 4.97. The first-order chi connectivity index (χ1) is 10.8. The van der Waals surface area contributed by atoms with E-state index in [1.807, 2.05) is 6.07 Å². The van der Waals surface area contributed by atoms with Gasteiger partial charge in [0.2, 0.25) is 5.91 Å². The summed E-state index contributed by atoms with van der Waals surface area (Å²) < 4.78 is 13.5. The number of rotatable bonds is 6. The summed E-state index contributed by atoms with van der Waals surface area (Å²) in [5.41, 5.74) is 0.873. The maximum absolute atomic E-state index is 13.5. The van der Waals surface area contributed by atoms with Crippen molar-refractivity contribution >= 4 is 5.91 Å². The van der Waals surface area contributed by atoms with Crippen LogP contribution in [0.2, 0.25) is 0 Å². The van der Waals surface area contributed by atoms with Gasteiger partial charge in [-0.15, -0.1) is 0 Å². The van der Waals surface area contributed by atoms with Gasteiger partial charge in [0.15, 0.2) is 0 Å². The van der Waals surface area contributed by atoms with Gasteiger partial charge in [0.05, 0.1) is 5.60 Å². The molecule has 0 saturated heterocycles. The molecule has 1 aromatic carbocycles. The Morgan fingerprint density at radius 1 is 1.35 bits per heavy atom. The molecule has 4 heteroatoms. The summed E-state index contributed by atoms with van der Waals surface area (Å²) >= 11 is 0. The molecule has 128 valence electrons. The predicted octanol–water partition coefficient (Wildman–Crippen LogP) is 3.69. The fourth-order valence-corrected chi connectivity index (χ4v) is 3.38. The van der Waals surface area contributed by atoms with Gasteiger partial charge < -0.3 is 10.4 Å². The van der Waals surface area contributed by atoms with Gasteiger partial charge >= 0.3 is 0 Å². The number of halogens is 1. The van der Waals surface area contributed by atoms with Crippen LogP contribution in [0.1, 0.15) is 63.0 Å². The Morgan fingerprint density at radius 3 is 2.57 bits per heavy atom. The molecule has 2 N–H and O–H groups in total. The van der Waals surface area contributed by atoms with Crippen LogP contribution >= 0.6 is 0 Å². The van der Waals surface area contributed by atoms with Crippen molar-refractivity contribution in [3.63, 3.8) is 0 Å². The van der Waals surface area contributed by atoms with Gasteiger partial charge in [0, 0.05) is 13.0 Å². The summed E-state index contributed by atoms with van der Waals surface area (Å²) in [7, 11) is 0. The second kappa shape index (κ2) is 7.43. The van der Waals surface area contributed by atoms with E-state index in [1.165, 1.54) is 6.07 Å². The van der Waals surface area contributed by atoms with E-state index in [4.69, 9.17) is 0 Å². The minimum Gasteiger partial charge on any atom is -0.388 e. The van der Waals surface area contributed by atoms with E-state index >= 15 is 0 Å². The average Bonchev–Trinajstić information content (AvgIpc) is 2.93. The van der Waals surface area contributed by atoms with Crippen molar-refractivity contribution in [1.29, 1.82) is 0 Å². The molecule has 1 saturated carbocycles. The minimum absolute atomic E-state index is 0.0486. The van der Waals surface area contributed by atoms with Crippen LogP contribution in [-0.2, 0) is 4.79 Å². The maximum Gasteiger partial charge on any atom is 0.220 e. The number of amides is 1. The summed E-state index contributed by atoms with van der Waals surface area (Å²) in [4.78, 5) is 12.3. The number of hydrogen-bond acceptors (Lipinski definition) is 2. The lowest BCUT2D eigenvalue weighted by Gasteiger charge is -2.25. The molecule has 0 aromatic heterocycles. The maximum atomic E-state index is 13.5. The molecular weight excluding hydrogens is 293 g/mol. The van der Waals surface area contributed by atoms with Crippen LogP contribution in [0.25, 0.3) is 0 Å². The first kappa shape index (κ1) is 17.9. The second-order valence-electron chi connectivity index (χ2n) is 7.27. The zero-order chi connectivity index (χ0) is 17.0. The van der Waals surface area contributed by atoms with Crippen LogP contribution in [0.4, 0.5) is 4.39 Å². The number of benzene rings is 1. The van der Waals surface area contributed by atoms with Crippen molar-refractivity contribution in [3.05, 3.63) is 35.1 Å². The Morgan fingerprint density at radius 2 is 2.00 bits per heavy atom. The van der Waals surface area contributed by atoms with Gasteiger partial charge in [-0.2, -0.15) is 0 Å². The van der Waals surface area contributed by atoms with Crippen molar-refractivity contribution in [2.45, 2.75) is 64.4 Å². The second-order valence-corrected chi connectivity index (χ2v) is 7.27. The van der Waals surface area contributed by atoms with E-state index in [2.05, 4.69) is 19.2 Å². The first-order valence-corrected chi connectivity index (χ1v) is 8.56. The Bertz CT molecular complexity index is 550. The number of aliphatic hydroxyl groups is 1. The van der Waals surface area contributed by atoms with Gasteiger partial charge in [-0.25, -0.2) is 4.39 Å². The molecule has 1 aliphatic rings. The Hall–Kier alpha value is -1.42. The highest BCUT2D eigenvalue weighted by Crippen LogP contribution is 2.30. The zero-order valence-electron chi connectivity index (χ0n) is 14.4. The van der Waals surface area contributed by atoms with Crippen LogP contribution in [0, 0.1) is 18.7 Å². The lowest BCUT2D eigenvalue weighted by atomic mass is 9.85. The van der Waals surface area contributed by atoms with Crippen LogP contribution in [0.5, 0.6) is 0 Å². The summed E-state index contributed by atoms with van der Waals surface area (Å²) in [5.74, 6) is 0.0582. The molecule has 1 atom stereocenters. The van der Waals surface area contributed by atoms with E-state index in [0.717, 1.165) is 31.2 Å². The highest BCUT2D eigenvalue weighted by molar-refractivity contribution is 5.77. The Kier molecular flexibility index (Phi) is 5.79. The molecule has 0 radical (unpaired) electrons. The molecule has 3 nitrogen and oxygen atoms in total. The monoisotopic (exact) mass is 321 g/mol. The molecule has 1 fully saturated rings.